The predicted molar refractivity (Wildman–Crippen MR) is 84.9 cm³/mol. The molecule has 1 aliphatic heterocycles. The lowest BCUT2D eigenvalue weighted by molar-refractivity contribution is 0.170. The zero-order valence-corrected chi connectivity index (χ0v) is 13.8. The highest BCUT2D eigenvalue weighted by molar-refractivity contribution is 9.10. The Labute approximate surface area is 134 Å². The van der Waals surface area contributed by atoms with Crippen LogP contribution in [0.5, 0.6) is 5.19 Å². The smallest absolute Gasteiger partial charge is 0.273 e. The van der Waals surface area contributed by atoms with Crippen LogP contribution in [-0.2, 0) is 0 Å². The van der Waals surface area contributed by atoms with Crippen LogP contribution >= 0.6 is 38.9 Å². The van der Waals surface area contributed by atoms with E-state index in [1.54, 1.807) is 12.4 Å². The van der Waals surface area contributed by atoms with Crippen molar-refractivity contribution in [1.82, 2.24) is 9.97 Å². The van der Waals surface area contributed by atoms with Gasteiger partial charge in [-0.05, 0) is 22.0 Å². The standard InChI is InChI=1S/C13H13BrClN3OS/c14-9-7-11(15)12(17-8-9)18-4-1-10(2-5-18)19-13-16-3-6-20-13/h3,6-8,10H,1-2,4-5H2. The SMILES string of the molecule is Clc1cc(Br)cnc1N1CCC(Oc2nccs2)CC1. The van der Waals surface area contributed by atoms with E-state index in [4.69, 9.17) is 16.3 Å². The minimum atomic E-state index is 0.228. The lowest BCUT2D eigenvalue weighted by Gasteiger charge is -2.32. The molecule has 0 saturated carbocycles. The molecular weight excluding hydrogens is 362 g/mol. The van der Waals surface area contributed by atoms with Gasteiger partial charge >= 0.3 is 0 Å². The van der Waals surface area contributed by atoms with Crippen LogP contribution in [0.25, 0.3) is 0 Å². The van der Waals surface area contributed by atoms with Gasteiger partial charge in [-0.2, -0.15) is 0 Å². The zero-order chi connectivity index (χ0) is 13.9. The van der Waals surface area contributed by atoms with E-state index in [0.29, 0.717) is 5.02 Å². The van der Waals surface area contributed by atoms with E-state index in [9.17, 15) is 0 Å². The Balaban J connectivity index is 1.60. The number of pyridine rings is 1. The van der Waals surface area contributed by atoms with Gasteiger partial charge in [-0.25, -0.2) is 9.97 Å². The topological polar surface area (TPSA) is 38.2 Å². The highest BCUT2D eigenvalue weighted by Crippen LogP contribution is 2.29. The van der Waals surface area contributed by atoms with Gasteiger partial charge in [-0.15, -0.1) is 0 Å². The van der Waals surface area contributed by atoms with E-state index >= 15 is 0 Å². The van der Waals surface area contributed by atoms with Crippen molar-refractivity contribution < 1.29 is 4.74 Å². The van der Waals surface area contributed by atoms with Crippen molar-refractivity contribution in [3.63, 3.8) is 0 Å². The van der Waals surface area contributed by atoms with E-state index in [1.165, 1.54) is 11.3 Å². The fraction of sp³-hybridized carbons (Fsp3) is 0.385. The summed E-state index contributed by atoms with van der Waals surface area (Å²) in [6, 6.07) is 1.88. The van der Waals surface area contributed by atoms with Gasteiger partial charge in [0.25, 0.3) is 5.19 Å². The summed E-state index contributed by atoms with van der Waals surface area (Å²) in [6.07, 6.45) is 5.67. The summed E-state index contributed by atoms with van der Waals surface area (Å²) in [5.41, 5.74) is 0. The Morgan fingerprint density at radius 1 is 1.35 bits per heavy atom. The molecule has 106 valence electrons. The van der Waals surface area contributed by atoms with Crippen LogP contribution in [0.15, 0.2) is 28.3 Å². The Kier molecular flexibility index (Phi) is 4.43. The maximum Gasteiger partial charge on any atom is 0.273 e. The summed E-state index contributed by atoms with van der Waals surface area (Å²) in [5, 5.41) is 3.36. The van der Waals surface area contributed by atoms with Gasteiger partial charge < -0.3 is 9.64 Å². The molecule has 0 aromatic carbocycles. The predicted octanol–water partition coefficient (Wildman–Crippen LogP) is 4.00. The fourth-order valence-electron chi connectivity index (χ4n) is 2.24. The molecule has 1 aliphatic rings. The molecule has 1 fully saturated rings. The number of piperidine rings is 1. The molecule has 0 spiro atoms. The van der Waals surface area contributed by atoms with Crippen LogP contribution in [0.2, 0.25) is 5.02 Å². The average Bonchev–Trinajstić information content (AvgIpc) is 2.93. The molecule has 0 bridgehead atoms. The van der Waals surface area contributed by atoms with Crippen LogP contribution in [-0.4, -0.2) is 29.2 Å². The second-order valence-corrected chi connectivity index (χ2v) is 6.74. The second-order valence-electron chi connectivity index (χ2n) is 4.56. The number of anilines is 1. The van der Waals surface area contributed by atoms with Crippen molar-refractivity contribution in [3.8, 4) is 5.19 Å². The zero-order valence-electron chi connectivity index (χ0n) is 10.6. The van der Waals surface area contributed by atoms with Crippen molar-refractivity contribution in [2.75, 3.05) is 18.0 Å². The fourth-order valence-corrected chi connectivity index (χ4v) is 3.54. The van der Waals surface area contributed by atoms with E-state index in [0.717, 1.165) is 41.4 Å². The van der Waals surface area contributed by atoms with Gasteiger partial charge in [0, 0.05) is 48.2 Å². The summed E-state index contributed by atoms with van der Waals surface area (Å²) in [6.45, 7) is 1.79. The van der Waals surface area contributed by atoms with Gasteiger partial charge in [0.05, 0.1) is 5.02 Å². The number of halogens is 2. The van der Waals surface area contributed by atoms with Crippen molar-refractivity contribution >= 4 is 44.7 Å². The molecule has 0 unspecified atom stereocenters. The molecule has 0 N–H and O–H groups in total. The number of nitrogens with zero attached hydrogens (tertiary/aromatic N) is 3. The first-order valence-corrected chi connectivity index (χ1v) is 8.39. The Morgan fingerprint density at radius 2 is 2.15 bits per heavy atom. The minimum Gasteiger partial charge on any atom is -0.467 e. The molecule has 2 aromatic heterocycles. The number of rotatable bonds is 3. The summed E-state index contributed by atoms with van der Waals surface area (Å²) in [7, 11) is 0. The van der Waals surface area contributed by atoms with Crippen molar-refractivity contribution in [3.05, 3.63) is 33.3 Å². The lowest BCUT2D eigenvalue weighted by atomic mass is 10.1. The molecule has 0 atom stereocenters. The van der Waals surface area contributed by atoms with Gasteiger partial charge in [0.1, 0.15) is 11.9 Å². The van der Waals surface area contributed by atoms with Crippen molar-refractivity contribution in [1.29, 1.82) is 0 Å². The first-order valence-electron chi connectivity index (χ1n) is 6.34. The molecule has 1 saturated heterocycles. The van der Waals surface area contributed by atoms with Gasteiger partial charge in [0.15, 0.2) is 0 Å². The Morgan fingerprint density at radius 3 is 2.80 bits per heavy atom. The summed E-state index contributed by atoms with van der Waals surface area (Å²) >= 11 is 11.1. The molecule has 3 heterocycles. The van der Waals surface area contributed by atoms with Gasteiger partial charge in [-0.1, -0.05) is 22.9 Å². The van der Waals surface area contributed by atoms with Crippen molar-refractivity contribution in [2.24, 2.45) is 0 Å². The number of aromatic nitrogens is 2. The summed E-state index contributed by atoms with van der Waals surface area (Å²) < 4.78 is 6.75. The maximum absolute atomic E-state index is 6.24. The van der Waals surface area contributed by atoms with Crippen LogP contribution in [0.3, 0.4) is 0 Å². The third-order valence-electron chi connectivity index (χ3n) is 3.21. The molecule has 4 nitrogen and oxygen atoms in total. The molecule has 7 heteroatoms. The second kappa shape index (κ2) is 6.28. The third-order valence-corrected chi connectivity index (χ3v) is 4.58. The Bertz CT molecular complexity index is 573. The number of hydrogen-bond donors (Lipinski definition) is 0. The number of ether oxygens (including phenoxy) is 1. The van der Waals surface area contributed by atoms with E-state index in [2.05, 4.69) is 30.8 Å². The van der Waals surface area contributed by atoms with Crippen LogP contribution in [0.4, 0.5) is 5.82 Å². The highest BCUT2D eigenvalue weighted by Gasteiger charge is 2.23. The largest absolute Gasteiger partial charge is 0.467 e. The molecule has 2 aromatic rings. The molecule has 20 heavy (non-hydrogen) atoms. The molecular formula is C13H13BrClN3OS. The van der Waals surface area contributed by atoms with E-state index in [1.807, 2.05) is 11.4 Å². The van der Waals surface area contributed by atoms with Gasteiger partial charge in [-0.3, -0.25) is 0 Å². The lowest BCUT2D eigenvalue weighted by Crippen LogP contribution is -2.38. The summed E-state index contributed by atoms with van der Waals surface area (Å²) in [4.78, 5) is 10.8. The average molecular weight is 375 g/mol. The maximum atomic E-state index is 6.24. The molecule has 0 aliphatic carbocycles. The highest BCUT2D eigenvalue weighted by atomic mass is 79.9. The minimum absolute atomic E-state index is 0.228. The normalized spacial score (nSPS) is 16.4. The monoisotopic (exact) mass is 373 g/mol. The van der Waals surface area contributed by atoms with Crippen LogP contribution < -0.4 is 9.64 Å². The molecule has 0 amide bonds. The van der Waals surface area contributed by atoms with Crippen LogP contribution in [0, 0.1) is 0 Å². The molecule has 0 radical (unpaired) electrons. The molecule has 3 rings (SSSR count). The first kappa shape index (κ1) is 14.1. The summed E-state index contributed by atoms with van der Waals surface area (Å²) in [5.74, 6) is 0.850. The van der Waals surface area contributed by atoms with E-state index in [-0.39, 0.29) is 6.10 Å². The van der Waals surface area contributed by atoms with Gasteiger partial charge in [0.2, 0.25) is 0 Å². The van der Waals surface area contributed by atoms with Crippen molar-refractivity contribution in [2.45, 2.75) is 18.9 Å². The first-order chi connectivity index (χ1) is 9.72. The number of hydrogen-bond acceptors (Lipinski definition) is 5. The Hall–Kier alpha value is -0.850. The van der Waals surface area contributed by atoms with E-state index < -0.39 is 0 Å². The third kappa shape index (κ3) is 3.24. The number of thiazole rings is 1. The quantitative estimate of drug-likeness (QED) is 0.814. The van der Waals surface area contributed by atoms with Crippen LogP contribution in [0.1, 0.15) is 12.8 Å².